The molecule has 0 bridgehead atoms. The summed E-state index contributed by atoms with van der Waals surface area (Å²) in [6, 6.07) is 2.90. The molecule has 0 aliphatic carbocycles. The van der Waals surface area contributed by atoms with E-state index in [0.29, 0.717) is 20.6 Å². The SMILES string of the molecule is C=C[C@@H](N)c1c(Cl)ccc(Cl)c1Cl.Cl. The van der Waals surface area contributed by atoms with Crippen molar-refractivity contribution in [2.75, 3.05) is 0 Å². The molecule has 14 heavy (non-hydrogen) atoms. The van der Waals surface area contributed by atoms with Gasteiger partial charge in [-0.25, -0.2) is 0 Å². The van der Waals surface area contributed by atoms with Crippen molar-refractivity contribution in [3.05, 3.63) is 45.4 Å². The van der Waals surface area contributed by atoms with Crippen LogP contribution in [0.4, 0.5) is 0 Å². The summed E-state index contributed by atoms with van der Waals surface area (Å²) < 4.78 is 0. The first-order chi connectivity index (χ1) is 6.07. The molecule has 0 fully saturated rings. The lowest BCUT2D eigenvalue weighted by Gasteiger charge is -2.11. The van der Waals surface area contributed by atoms with E-state index >= 15 is 0 Å². The van der Waals surface area contributed by atoms with Gasteiger partial charge in [-0.2, -0.15) is 0 Å². The highest BCUT2D eigenvalue weighted by Gasteiger charge is 2.13. The third-order valence-electron chi connectivity index (χ3n) is 1.67. The second-order valence-electron chi connectivity index (χ2n) is 2.52. The van der Waals surface area contributed by atoms with Gasteiger partial charge >= 0.3 is 0 Å². The largest absolute Gasteiger partial charge is 0.321 e. The first-order valence-electron chi connectivity index (χ1n) is 3.59. The van der Waals surface area contributed by atoms with E-state index in [4.69, 9.17) is 40.5 Å². The van der Waals surface area contributed by atoms with E-state index in [1.807, 2.05) is 0 Å². The van der Waals surface area contributed by atoms with Crippen molar-refractivity contribution in [2.24, 2.45) is 5.73 Å². The minimum Gasteiger partial charge on any atom is -0.321 e. The van der Waals surface area contributed by atoms with Gasteiger partial charge in [0, 0.05) is 10.6 Å². The summed E-state index contributed by atoms with van der Waals surface area (Å²) in [5.74, 6) is 0. The van der Waals surface area contributed by atoms with E-state index in [1.165, 1.54) is 0 Å². The van der Waals surface area contributed by atoms with Gasteiger partial charge in [-0.15, -0.1) is 19.0 Å². The summed E-state index contributed by atoms with van der Waals surface area (Å²) in [6.07, 6.45) is 1.56. The Morgan fingerprint density at radius 1 is 1.21 bits per heavy atom. The molecule has 0 heterocycles. The predicted molar refractivity (Wildman–Crippen MR) is 65.8 cm³/mol. The minimum absolute atomic E-state index is 0. The Morgan fingerprint density at radius 2 is 1.71 bits per heavy atom. The predicted octanol–water partition coefficient (Wildman–Crippen LogP) is 4.25. The molecule has 0 saturated carbocycles. The Morgan fingerprint density at radius 3 is 2.21 bits per heavy atom. The Kier molecular flexibility index (Phi) is 5.87. The summed E-state index contributed by atoms with van der Waals surface area (Å²) in [5.41, 5.74) is 6.34. The fourth-order valence-electron chi connectivity index (χ4n) is 0.966. The molecule has 0 spiro atoms. The molecule has 0 saturated heterocycles. The number of halogens is 4. The average Bonchev–Trinajstić information content (AvgIpc) is 2.12. The van der Waals surface area contributed by atoms with Crippen molar-refractivity contribution in [1.29, 1.82) is 0 Å². The van der Waals surface area contributed by atoms with Gasteiger partial charge in [-0.05, 0) is 12.1 Å². The van der Waals surface area contributed by atoms with Gasteiger partial charge in [0.15, 0.2) is 0 Å². The maximum atomic E-state index is 5.93. The lowest BCUT2D eigenvalue weighted by atomic mass is 10.1. The number of nitrogens with two attached hydrogens (primary N) is 1. The minimum atomic E-state index is -0.390. The number of benzene rings is 1. The third kappa shape index (κ3) is 2.78. The van der Waals surface area contributed by atoms with Gasteiger partial charge in [-0.3, -0.25) is 0 Å². The van der Waals surface area contributed by atoms with Crippen LogP contribution in [0.2, 0.25) is 15.1 Å². The number of rotatable bonds is 2. The monoisotopic (exact) mass is 271 g/mol. The zero-order chi connectivity index (χ0) is 10.0. The molecule has 0 aliphatic heterocycles. The molecule has 78 valence electrons. The standard InChI is InChI=1S/C9H8Cl3N.ClH/c1-2-7(13)8-5(10)3-4-6(11)9(8)12;/h2-4,7H,1,13H2;1H/t7-;/m1./s1. The van der Waals surface area contributed by atoms with Crippen molar-refractivity contribution >= 4 is 47.2 Å². The molecule has 1 nitrogen and oxygen atoms in total. The highest BCUT2D eigenvalue weighted by atomic mass is 35.5. The van der Waals surface area contributed by atoms with E-state index in [0.717, 1.165) is 0 Å². The number of hydrogen-bond acceptors (Lipinski definition) is 1. The molecule has 5 heteroatoms. The van der Waals surface area contributed by atoms with Crippen molar-refractivity contribution in [2.45, 2.75) is 6.04 Å². The highest BCUT2D eigenvalue weighted by molar-refractivity contribution is 6.44. The van der Waals surface area contributed by atoms with Gasteiger partial charge in [-0.1, -0.05) is 40.9 Å². The van der Waals surface area contributed by atoms with Crippen LogP contribution in [0.1, 0.15) is 11.6 Å². The Labute approximate surface area is 104 Å². The molecule has 1 aromatic carbocycles. The van der Waals surface area contributed by atoms with Crippen LogP contribution in [-0.2, 0) is 0 Å². The first-order valence-corrected chi connectivity index (χ1v) is 4.73. The molecule has 1 aromatic rings. The van der Waals surface area contributed by atoms with E-state index in [1.54, 1.807) is 18.2 Å². The van der Waals surface area contributed by atoms with Crippen molar-refractivity contribution in [3.8, 4) is 0 Å². The second-order valence-corrected chi connectivity index (χ2v) is 3.71. The second kappa shape index (κ2) is 5.84. The first kappa shape index (κ1) is 14.1. The molecular formula is C9H9Cl4N. The molecule has 1 atom stereocenters. The van der Waals surface area contributed by atoms with Gasteiger partial charge in [0.05, 0.1) is 16.1 Å². The van der Waals surface area contributed by atoms with Gasteiger partial charge in [0.1, 0.15) is 0 Å². The lowest BCUT2D eigenvalue weighted by Crippen LogP contribution is -2.08. The molecule has 2 N–H and O–H groups in total. The Bertz CT molecular complexity index is 338. The lowest BCUT2D eigenvalue weighted by molar-refractivity contribution is 0.915. The summed E-state index contributed by atoms with van der Waals surface area (Å²) in [4.78, 5) is 0. The topological polar surface area (TPSA) is 26.0 Å². The highest BCUT2D eigenvalue weighted by Crippen LogP contribution is 2.34. The van der Waals surface area contributed by atoms with Crippen LogP contribution in [0.15, 0.2) is 24.8 Å². The van der Waals surface area contributed by atoms with Crippen molar-refractivity contribution in [1.82, 2.24) is 0 Å². The van der Waals surface area contributed by atoms with E-state index in [9.17, 15) is 0 Å². The summed E-state index contributed by atoms with van der Waals surface area (Å²) >= 11 is 17.6. The maximum Gasteiger partial charge on any atom is 0.0658 e. The van der Waals surface area contributed by atoms with Gasteiger partial charge in [0.25, 0.3) is 0 Å². The molecule has 1 rings (SSSR count). The molecule has 0 amide bonds. The Hall–Kier alpha value is 0.0800. The van der Waals surface area contributed by atoms with Crippen molar-refractivity contribution < 1.29 is 0 Å². The molecule has 0 aliphatic rings. The zero-order valence-electron chi connectivity index (χ0n) is 7.14. The third-order valence-corrected chi connectivity index (χ3v) is 2.82. The van der Waals surface area contributed by atoms with Crippen LogP contribution < -0.4 is 5.73 Å². The smallest absolute Gasteiger partial charge is 0.0658 e. The molecule has 0 unspecified atom stereocenters. The normalized spacial score (nSPS) is 11.7. The summed E-state index contributed by atoms with van der Waals surface area (Å²) in [5, 5.41) is 1.33. The Balaban J connectivity index is 0.00000169. The van der Waals surface area contributed by atoms with E-state index < -0.39 is 6.04 Å². The van der Waals surface area contributed by atoms with Crippen LogP contribution in [0.25, 0.3) is 0 Å². The van der Waals surface area contributed by atoms with E-state index in [-0.39, 0.29) is 12.4 Å². The van der Waals surface area contributed by atoms with Crippen LogP contribution in [0, 0.1) is 0 Å². The fourth-order valence-corrected chi connectivity index (χ4v) is 1.75. The maximum absolute atomic E-state index is 5.93. The molecular weight excluding hydrogens is 264 g/mol. The van der Waals surface area contributed by atoms with Gasteiger partial charge in [0.2, 0.25) is 0 Å². The van der Waals surface area contributed by atoms with Crippen LogP contribution in [-0.4, -0.2) is 0 Å². The summed E-state index contributed by atoms with van der Waals surface area (Å²) in [6.45, 7) is 3.56. The van der Waals surface area contributed by atoms with Crippen LogP contribution in [0.3, 0.4) is 0 Å². The molecule has 0 aromatic heterocycles. The van der Waals surface area contributed by atoms with Crippen molar-refractivity contribution in [3.63, 3.8) is 0 Å². The van der Waals surface area contributed by atoms with E-state index in [2.05, 4.69) is 6.58 Å². The van der Waals surface area contributed by atoms with Crippen LogP contribution >= 0.6 is 47.2 Å². The fraction of sp³-hybridized carbons (Fsp3) is 0.111. The average molecular weight is 273 g/mol. The quantitative estimate of drug-likeness (QED) is 0.632. The zero-order valence-corrected chi connectivity index (χ0v) is 10.2. The molecule has 0 radical (unpaired) electrons. The summed E-state index contributed by atoms with van der Waals surface area (Å²) in [7, 11) is 0. The number of hydrogen-bond donors (Lipinski definition) is 1. The van der Waals surface area contributed by atoms with Gasteiger partial charge < -0.3 is 5.73 Å². The van der Waals surface area contributed by atoms with Crippen LogP contribution in [0.5, 0.6) is 0 Å².